The normalized spacial score (nSPS) is 31.2. The van der Waals surface area contributed by atoms with E-state index in [-0.39, 0.29) is 29.6 Å². The number of halogens is 1. The molecule has 4 rings (SSSR count). The van der Waals surface area contributed by atoms with Gasteiger partial charge < -0.3 is 33.9 Å². The summed E-state index contributed by atoms with van der Waals surface area (Å²) < 4.78 is 28.7. The molecule has 4 heterocycles. The molecular formula is C35H59BrN4O9S2. The number of hydrogen-bond acceptors (Lipinski definition) is 13. The molecule has 0 saturated carbocycles. The molecule has 2 amide bonds. The lowest BCUT2D eigenvalue weighted by Crippen LogP contribution is -2.54. The summed E-state index contributed by atoms with van der Waals surface area (Å²) in [7, 11) is 3.24. The first-order valence-electron chi connectivity index (χ1n) is 17.2. The molecule has 0 aliphatic carbocycles. The fourth-order valence-corrected chi connectivity index (χ4v) is 7.70. The van der Waals surface area contributed by atoms with E-state index < -0.39 is 53.2 Å². The monoisotopic (exact) mass is 822 g/mol. The van der Waals surface area contributed by atoms with Gasteiger partial charge in [0.1, 0.15) is 46.4 Å². The summed E-state index contributed by atoms with van der Waals surface area (Å²) in [6, 6.07) is -0.717. The lowest BCUT2D eigenvalue weighted by Gasteiger charge is -2.41. The number of allylic oxidation sites excluding steroid dienone is 1. The first-order chi connectivity index (χ1) is 23.7. The Bertz CT molecular complexity index is 1240. The van der Waals surface area contributed by atoms with Gasteiger partial charge in [0.05, 0.1) is 24.9 Å². The van der Waals surface area contributed by atoms with Gasteiger partial charge in [-0.15, -0.1) is 13.2 Å². The zero-order valence-electron chi connectivity index (χ0n) is 31.9. The fraction of sp³-hybridized carbons (Fsp3) is 0.771. The van der Waals surface area contributed by atoms with E-state index in [2.05, 4.69) is 47.9 Å². The van der Waals surface area contributed by atoms with Gasteiger partial charge >= 0.3 is 12.2 Å². The molecule has 13 nitrogen and oxygen atoms in total. The summed E-state index contributed by atoms with van der Waals surface area (Å²) in [5, 5.41) is 22.1. The van der Waals surface area contributed by atoms with Gasteiger partial charge in [0.2, 0.25) is 0 Å². The van der Waals surface area contributed by atoms with Gasteiger partial charge in [-0.25, -0.2) is 9.59 Å². The van der Waals surface area contributed by atoms with E-state index >= 15 is 0 Å². The second-order valence-electron chi connectivity index (χ2n) is 14.4. The van der Waals surface area contributed by atoms with E-state index in [1.165, 1.54) is 33.3 Å². The van der Waals surface area contributed by atoms with Crippen LogP contribution in [0, 0.1) is 5.92 Å². The number of ether oxygens (including phenoxy) is 5. The molecule has 0 aromatic heterocycles. The molecule has 0 bridgehead atoms. The largest absolute Gasteiger partial charge is 0.443 e. The number of fused-ring (bicyclic) bond motifs is 2. The fourth-order valence-electron chi connectivity index (χ4n) is 5.34. The van der Waals surface area contributed by atoms with Crippen LogP contribution in [0.4, 0.5) is 9.59 Å². The Morgan fingerprint density at radius 3 is 1.69 bits per heavy atom. The molecule has 0 aromatic carbocycles. The Morgan fingerprint density at radius 1 is 0.843 bits per heavy atom. The molecule has 51 heavy (non-hydrogen) atoms. The first kappa shape index (κ1) is 45.5. The Balaban J connectivity index is 0.000000322. The van der Waals surface area contributed by atoms with Crippen LogP contribution in [0.15, 0.2) is 35.3 Å². The van der Waals surface area contributed by atoms with Gasteiger partial charge in [0, 0.05) is 25.3 Å². The number of rotatable bonds is 6. The van der Waals surface area contributed by atoms with Crippen LogP contribution in [0.1, 0.15) is 75.2 Å². The van der Waals surface area contributed by atoms with E-state index in [0.717, 1.165) is 11.8 Å². The molecule has 0 spiro atoms. The topological polar surface area (TPSA) is 152 Å². The van der Waals surface area contributed by atoms with Crippen LogP contribution in [-0.2, 0) is 23.7 Å². The summed E-state index contributed by atoms with van der Waals surface area (Å²) in [6.45, 7) is 24.7. The second kappa shape index (κ2) is 20.1. The van der Waals surface area contributed by atoms with Crippen molar-refractivity contribution >= 4 is 62.0 Å². The van der Waals surface area contributed by atoms with Crippen molar-refractivity contribution < 1.29 is 43.5 Å². The highest BCUT2D eigenvalue weighted by Gasteiger charge is 2.50. The van der Waals surface area contributed by atoms with E-state index in [1.807, 2.05) is 27.7 Å². The summed E-state index contributed by atoms with van der Waals surface area (Å²) in [5.41, 5.74) is -1.68. The van der Waals surface area contributed by atoms with Crippen molar-refractivity contribution in [2.45, 2.75) is 140 Å². The van der Waals surface area contributed by atoms with Gasteiger partial charge in [-0.1, -0.05) is 72.4 Å². The Morgan fingerprint density at radius 2 is 1.27 bits per heavy atom. The van der Waals surface area contributed by atoms with Crippen molar-refractivity contribution in [2.75, 3.05) is 26.0 Å². The smallest absolute Gasteiger partial charge is 0.416 e. The summed E-state index contributed by atoms with van der Waals surface area (Å²) in [6.07, 6.45) is 1.78. The van der Waals surface area contributed by atoms with Gasteiger partial charge in [-0.3, -0.25) is 19.8 Å². The van der Waals surface area contributed by atoms with Crippen molar-refractivity contribution in [3.05, 3.63) is 25.3 Å². The third kappa shape index (κ3) is 13.0. The highest BCUT2D eigenvalue weighted by Crippen LogP contribution is 2.42. The summed E-state index contributed by atoms with van der Waals surface area (Å²) >= 11 is 5.86. The highest BCUT2D eigenvalue weighted by molar-refractivity contribution is 9.09. The van der Waals surface area contributed by atoms with Crippen LogP contribution >= 0.6 is 39.5 Å². The molecule has 2 fully saturated rings. The highest BCUT2D eigenvalue weighted by atomic mass is 79.9. The molecule has 16 heteroatoms. The number of aliphatic hydroxyl groups is 2. The maximum atomic E-state index is 12.3. The van der Waals surface area contributed by atoms with E-state index in [9.17, 15) is 19.8 Å². The molecule has 2 N–H and O–H groups in total. The minimum atomic E-state index is -0.999. The predicted molar refractivity (Wildman–Crippen MR) is 209 cm³/mol. The quantitative estimate of drug-likeness (QED) is 0.226. The van der Waals surface area contributed by atoms with E-state index in [1.54, 1.807) is 47.0 Å². The maximum Gasteiger partial charge on any atom is 0.416 e. The molecule has 292 valence electrons. The second-order valence-corrected chi connectivity index (χ2v) is 17.2. The third-order valence-corrected chi connectivity index (χ3v) is 10.8. The zero-order valence-corrected chi connectivity index (χ0v) is 35.1. The lowest BCUT2D eigenvalue weighted by atomic mass is 9.88. The summed E-state index contributed by atoms with van der Waals surface area (Å²) in [5.74, 6) is 0.224. The van der Waals surface area contributed by atoms with Crippen LogP contribution in [-0.4, -0.2) is 133 Å². The van der Waals surface area contributed by atoms with Crippen LogP contribution in [0.5, 0.6) is 0 Å². The minimum Gasteiger partial charge on any atom is -0.443 e. The number of thioether (sulfide) groups is 2. The average molecular weight is 824 g/mol. The number of hydrogen-bond donors (Lipinski definition) is 2. The van der Waals surface area contributed by atoms with E-state index in [4.69, 9.17) is 28.7 Å². The minimum absolute atomic E-state index is 0.0567. The standard InChI is InChI=1S/C18H30N2O4S.C14H24N2O5S.C3H5Br/c1-8-10-22-14-11(3)12(9-2)23-15-13(14)19-16(25-15)20(7)17(21)24-18(4,5)6;1-6-7-9(17)10(18)8-11(20-7)22-12(15-8)16(5)13(19)21-14(2,3)4;1-2-3-4/h8,11-15H,1,9-10H2,2-7H3;7-11,17-18H,6H2,1-5H3;2H,1,3H2/t11-,12-,13-,14+,15-;7-,8-,9-,10-,11-;/m11./s1. The zero-order chi connectivity index (χ0) is 38.8. The first-order valence-corrected chi connectivity index (χ1v) is 20.1. The van der Waals surface area contributed by atoms with Crippen LogP contribution in [0.3, 0.4) is 0 Å². The number of aliphatic hydroxyl groups excluding tert-OH is 2. The number of nitrogens with zero attached hydrogens (tertiary/aromatic N) is 4. The number of carbonyl (C=O) groups excluding carboxylic acids is 2. The van der Waals surface area contributed by atoms with E-state index in [0.29, 0.717) is 23.4 Å². The van der Waals surface area contributed by atoms with Gasteiger partial charge in [0.15, 0.2) is 10.3 Å². The third-order valence-electron chi connectivity index (χ3n) is 7.89. The van der Waals surface area contributed by atoms with Gasteiger partial charge in [0.25, 0.3) is 0 Å². The average Bonchev–Trinajstić information content (AvgIpc) is 3.68. The van der Waals surface area contributed by atoms with Crippen molar-refractivity contribution in [3.8, 4) is 0 Å². The summed E-state index contributed by atoms with van der Waals surface area (Å²) in [4.78, 5) is 36.2. The van der Waals surface area contributed by atoms with Gasteiger partial charge in [-0.2, -0.15) is 0 Å². The Kier molecular flexibility index (Phi) is 18.0. The molecular weight excluding hydrogens is 764 g/mol. The number of carbonyl (C=O) groups is 2. The molecule has 0 radical (unpaired) electrons. The predicted octanol–water partition coefficient (Wildman–Crippen LogP) is 6.42. The molecule has 0 unspecified atom stereocenters. The van der Waals surface area contributed by atoms with Crippen LogP contribution in [0.2, 0.25) is 0 Å². The Labute approximate surface area is 321 Å². The van der Waals surface area contributed by atoms with Crippen molar-refractivity contribution in [1.82, 2.24) is 9.80 Å². The van der Waals surface area contributed by atoms with Crippen molar-refractivity contribution in [3.63, 3.8) is 0 Å². The SMILES string of the molecule is C=CCBr.C=CCO[C@H]1[C@H](C)[C@@H](CC)O[C@@H]2SC(N(C)C(=O)OC(C)(C)C)=N[C@H]12.CC[C@H]1O[C@@H]2SC(N(C)C(=O)OC(C)(C)C)=N[C@@H]2[C@@H](O)[C@@H]1O. The Hall–Kier alpha value is -1.66. The number of amides is 2. The van der Waals surface area contributed by atoms with Crippen LogP contribution < -0.4 is 0 Å². The lowest BCUT2D eigenvalue weighted by molar-refractivity contribution is -0.153. The van der Waals surface area contributed by atoms with Crippen molar-refractivity contribution in [2.24, 2.45) is 15.9 Å². The molecule has 4 aliphatic rings. The van der Waals surface area contributed by atoms with Crippen LogP contribution in [0.25, 0.3) is 0 Å². The molecule has 0 aromatic rings. The molecule has 2 saturated heterocycles. The number of aliphatic imine (C=N–C) groups is 2. The number of amidine groups is 2. The molecule has 4 aliphatic heterocycles. The van der Waals surface area contributed by atoms with Crippen molar-refractivity contribution in [1.29, 1.82) is 0 Å². The molecule has 10 atom stereocenters. The maximum absolute atomic E-state index is 12.3. The van der Waals surface area contributed by atoms with Gasteiger partial charge in [-0.05, 0) is 54.4 Å². The number of alkyl halides is 1.